The van der Waals surface area contributed by atoms with Gasteiger partial charge in [-0.25, -0.2) is 4.90 Å². The molecule has 4 rings (SSSR count). The van der Waals surface area contributed by atoms with Crippen LogP contribution in [0.4, 0.5) is 0 Å². The molecule has 4 aliphatic rings. The van der Waals surface area contributed by atoms with Gasteiger partial charge in [0.1, 0.15) is 12.7 Å². The molecule has 3 fully saturated rings. The number of nitrogens with two attached hydrogens (primary N) is 1. The summed E-state index contributed by atoms with van der Waals surface area (Å²) in [5.74, 6) is 2.33. The topological polar surface area (TPSA) is 57.8 Å². The Balaban J connectivity index is 1.40. The van der Waals surface area contributed by atoms with Crippen LogP contribution in [0.3, 0.4) is 0 Å². The minimum Gasteiger partial charge on any atom is -0.314 e. The van der Waals surface area contributed by atoms with Crippen LogP contribution >= 0.6 is 0 Å². The van der Waals surface area contributed by atoms with Crippen LogP contribution in [0.5, 0.6) is 0 Å². The Morgan fingerprint density at radius 1 is 1.29 bits per heavy atom. The Morgan fingerprint density at radius 3 is 2.84 bits per heavy atom. The minimum absolute atomic E-state index is 0.0541. The lowest BCUT2D eigenvalue weighted by Crippen LogP contribution is -3.14. The van der Waals surface area contributed by atoms with Crippen molar-refractivity contribution in [2.75, 3.05) is 26.9 Å². The quantitative estimate of drug-likeness (QED) is 0.506. The number of nitrogens with zero attached hydrogens (tertiary/aromatic N) is 1. The van der Waals surface area contributed by atoms with E-state index in [1.54, 1.807) is 5.57 Å². The van der Waals surface area contributed by atoms with Crippen molar-refractivity contribution < 1.29 is 4.90 Å². The fourth-order valence-electron chi connectivity index (χ4n) is 7.46. The van der Waals surface area contributed by atoms with E-state index in [4.69, 9.17) is 5.73 Å². The third kappa shape index (κ3) is 4.17. The molecule has 31 heavy (non-hydrogen) atoms. The van der Waals surface area contributed by atoms with Crippen LogP contribution in [0.2, 0.25) is 0 Å². The summed E-state index contributed by atoms with van der Waals surface area (Å²) >= 11 is 0. The molecule has 5 nitrogen and oxygen atoms in total. The zero-order valence-corrected chi connectivity index (χ0v) is 20.9. The molecule has 0 spiro atoms. The number of hydrogen-bond acceptors (Lipinski definition) is 4. The Kier molecular flexibility index (Phi) is 6.73. The molecule has 0 aromatic carbocycles. The van der Waals surface area contributed by atoms with Gasteiger partial charge in [-0.05, 0) is 67.6 Å². The third-order valence-corrected chi connectivity index (χ3v) is 10.2. The van der Waals surface area contributed by atoms with E-state index < -0.39 is 0 Å². The van der Waals surface area contributed by atoms with Gasteiger partial charge in [0.2, 0.25) is 0 Å². The smallest absolute Gasteiger partial charge is 0.162 e. The third-order valence-electron chi connectivity index (χ3n) is 10.2. The highest BCUT2D eigenvalue weighted by atomic mass is 15.5. The molecular formula is C26H48N5+. The number of nitrogens with one attached hydrogen (secondary N) is 3. The highest BCUT2D eigenvalue weighted by Crippen LogP contribution is 2.61. The van der Waals surface area contributed by atoms with Crippen molar-refractivity contribution in [3.05, 3.63) is 23.8 Å². The van der Waals surface area contributed by atoms with Crippen molar-refractivity contribution in [3.63, 3.8) is 0 Å². The SMILES string of the molecule is CC(=CCN1C[NH+](C)C2NCNC(N)C21)CC[C@]1(C)[C@H]2CC=C[C@@H](C)[C@]2(C)CC[C@H]1C. The van der Waals surface area contributed by atoms with E-state index in [9.17, 15) is 0 Å². The monoisotopic (exact) mass is 430 g/mol. The van der Waals surface area contributed by atoms with Crippen LogP contribution in [-0.4, -0.2) is 50.2 Å². The number of fused-ring (bicyclic) bond motifs is 2. The summed E-state index contributed by atoms with van der Waals surface area (Å²) in [6.07, 6.45) is 14.5. The van der Waals surface area contributed by atoms with Gasteiger partial charge in [0.25, 0.3) is 0 Å². The predicted molar refractivity (Wildman–Crippen MR) is 129 cm³/mol. The van der Waals surface area contributed by atoms with Crippen LogP contribution in [0.15, 0.2) is 23.8 Å². The van der Waals surface area contributed by atoms with Crippen molar-refractivity contribution >= 4 is 0 Å². The Labute approximate surface area is 190 Å². The van der Waals surface area contributed by atoms with Gasteiger partial charge in [-0.3, -0.25) is 10.6 Å². The number of rotatable bonds is 5. The standard InChI is InChI=1S/C26H47N5/c1-18(12-15-31-17-30(6)24-22(31)23(27)28-16-29-24)10-13-25(4)20(3)11-14-26(5)19(2)8-7-9-21(25)26/h7-8,12,19-24,28-29H,9-11,13-17,27H2,1-6H3/p+1/t19-,20-,21-,22?,23?,24?,25+,26+/m1/s1. The average molecular weight is 431 g/mol. The largest absolute Gasteiger partial charge is 0.314 e. The Bertz CT molecular complexity index is 704. The second kappa shape index (κ2) is 8.90. The van der Waals surface area contributed by atoms with Crippen LogP contribution < -0.4 is 21.3 Å². The second-order valence-corrected chi connectivity index (χ2v) is 11.9. The fraction of sp³-hybridized carbons (Fsp3) is 0.846. The number of hydrogen-bond donors (Lipinski definition) is 4. The summed E-state index contributed by atoms with van der Waals surface area (Å²) in [5, 5.41) is 6.98. The van der Waals surface area contributed by atoms with E-state index in [0.29, 0.717) is 29.0 Å². The van der Waals surface area contributed by atoms with Crippen molar-refractivity contribution in [2.24, 2.45) is 34.3 Å². The van der Waals surface area contributed by atoms with Crippen molar-refractivity contribution in [1.29, 1.82) is 0 Å². The summed E-state index contributed by atoms with van der Waals surface area (Å²) in [4.78, 5) is 4.08. The second-order valence-electron chi connectivity index (χ2n) is 11.9. The highest BCUT2D eigenvalue weighted by molar-refractivity contribution is 5.13. The van der Waals surface area contributed by atoms with E-state index in [1.165, 1.54) is 37.0 Å². The van der Waals surface area contributed by atoms with Gasteiger partial charge in [0, 0.05) is 6.54 Å². The summed E-state index contributed by atoms with van der Waals surface area (Å²) in [7, 11) is 2.28. The molecular weight excluding hydrogens is 382 g/mol. The number of likely N-dealkylation sites (N-methyl/N-ethyl adjacent to an activating group) is 1. The average Bonchev–Trinajstić information content (AvgIpc) is 3.07. The molecule has 1 saturated carbocycles. The molecule has 0 aromatic heterocycles. The molecule has 2 heterocycles. The first-order chi connectivity index (χ1) is 14.7. The lowest BCUT2D eigenvalue weighted by molar-refractivity contribution is -0.900. The molecule has 2 aliphatic heterocycles. The number of allylic oxidation sites excluding steroid dienone is 3. The van der Waals surface area contributed by atoms with Gasteiger partial charge >= 0.3 is 0 Å². The first kappa shape index (κ1) is 23.4. The van der Waals surface area contributed by atoms with Crippen molar-refractivity contribution in [3.8, 4) is 0 Å². The van der Waals surface area contributed by atoms with Gasteiger partial charge in [0.15, 0.2) is 6.17 Å². The number of quaternary nitrogens is 1. The summed E-state index contributed by atoms with van der Waals surface area (Å²) in [6, 6.07) is 0.366. The van der Waals surface area contributed by atoms with Crippen LogP contribution in [0.25, 0.3) is 0 Å². The molecule has 5 N–H and O–H groups in total. The molecule has 0 bridgehead atoms. The van der Waals surface area contributed by atoms with E-state index in [1.807, 2.05) is 0 Å². The van der Waals surface area contributed by atoms with Gasteiger partial charge in [-0.15, -0.1) is 0 Å². The lowest BCUT2D eigenvalue weighted by Gasteiger charge is -2.59. The lowest BCUT2D eigenvalue weighted by atomic mass is 9.46. The fourth-order valence-corrected chi connectivity index (χ4v) is 7.46. The van der Waals surface area contributed by atoms with Crippen LogP contribution in [0, 0.1) is 28.6 Å². The Hall–Kier alpha value is -0.720. The molecule has 0 amide bonds. The summed E-state index contributed by atoms with van der Waals surface area (Å²) in [6.45, 7) is 15.4. The first-order valence-electron chi connectivity index (χ1n) is 12.8. The van der Waals surface area contributed by atoms with E-state index in [2.05, 4.69) is 75.4 Å². The first-order valence-corrected chi connectivity index (χ1v) is 12.8. The van der Waals surface area contributed by atoms with Gasteiger partial charge in [-0.2, -0.15) is 0 Å². The zero-order chi connectivity index (χ0) is 22.4. The van der Waals surface area contributed by atoms with Crippen molar-refractivity contribution in [2.45, 2.75) is 85.1 Å². The van der Waals surface area contributed by atoms with Crippen LogP contribution in [0.1, 0.15) is 66.7 Å². The van der Waals surface area contributed by atoms with E-state index in [0.717, 1.165) is 31.7 Å². The van der Waals surface area contributed by atoms with E-state index >= 15 is 0 Å². The molecule has 176 valence electrons. The molecule has 2 saturated heterocycles. The van der Waals surface area contributed by atoms with E-state index in [-0.39, 0.29) is 6.17 Å². The van der Waals surface area contributed by atoms with Gasteiger partial charge in [0.05, 0.1) is 19.9 Å². The highest BCUT2D eigenvalue weighted by Gasteiger charge is 2.53. The molecule has 0 radical (unpaired) electrons. The van der Waals surface area contributed by atoms with Gasteiger partial charge < -0.3 is 10.6 Å². The Morgan fingerprint density at radius 2 is 2.06 bits per heavy atom. The van der Waals surface area contributed by atoms with Gasteiger partial charge in [-0.1, -0.05) is 51.5 Å². The van der Waals surface area contributed by atoms with Crippen LogP contribution in [-0.2, 0) is 0 Å². The summed E-state index contributed by atoms with van der Waals surface area (Å²) < 4.78 is 0. The van der Waals surface area contributed by atoms with Crippen molar-refractivity contribution in [1.82, 2.24) is 15.5 Å². The zero-order valence-electron chi connectivity index (χ0n) is 20.9. The predicted octanol–water partition coefficient (Wildman–Crippen LogP) is 2.29. The molecule has 5 heteroatoms. The molecule has 9 atom stereocenters. The molecule has 0 aromatic rings. The minimum atomic E-state index is 0.0541. The molecule has 4 unspecified atom stereocenters. The maximum Gasteiger partial charge on any atom is 0.162 e. The normalized spacial score (nSPS) is 48.5. The maximum atomic E-state index is 6.42. The maximum absolute atomic E-state index is 6.42. The molecule has 2 aliphatic carbocycles. The summed E-state index contributed by atoms with van der Waals surface area (Å²) in [5.41, 5.74) is 8.88.